The number of rotatable bonds is 3. The lowest BCUT2D eigenvalue weighted by Gasteiger charge is -2.34. The summed E-state index contributed by atoms with van der Waals surface area (Å²) in [6.45, 7) is 4.85. The number of hydrogen-bond donors (Lipinski definition) is 3. The minimum Gasteiger partial charge on any atom is -0.465 e. The van der Waals surface area contributed by atoms with Crippen LogP contribution in [0.5, 0.6) is 0 Å². The Morgan fingerprint density at radius 3 is 2.50 bits per heavy atom. The highest BCUT2D eigenvalue weighted by Crippen LogP contribution is 2.34. The predicted molar refractivity (Wildman–Crippen MR) is 106 cm³/mol. The van der Waals surface area contributed by atoms with Crippen LogP contribution in [0.3, 0.4) is 0 Å². The van der Waals surface area contributed by atoms with E-state index in [1.165, 1.54) is 0 Å². The summed E-state index contributed by atoms with van der Waals surface area (Å²) in [6, 6.07) is -0.658. The Bertz CT molecular complexity index is 889. The van der Waals surface area contributed by atoms with E-state index in [1.807, 2.05) is 0 Å². The van der Waals surface area contributed by atoms with Crippen molar-refractivity contribution in [2.24, 2.45) is 0 Å². The largest absolute Gasteiger partial charge is 0.465 e. The van der Waals surface area contributed by atoms with Crippen molar-refractivity contribution in [1.29, 1.82) is 0 Å². The number of imide groups is 1. The topological polar surface area (TPSA) is 121 Å². The Kier molecular flexibility index (Phi) is 6.07. The summed E-state index contributed by atoms with van der Waals surface area (Å²) in [5.74, 6) is -1.91. The number of hydrogen-bond acceptors (Lipinski definition) is 6. The predicted octanol–water partition coefficient (Wildman–Crippen LogP) is 3.76. The second-order valence-electron chi connectivity index (χ2n) is 8.38. The van der Waals surface area contributed by atoms with Crippen LogP contribution in [-0.2, 0) is 11.3 Å². The van der Waals surface area contributed by atoms with Gasteiger partial charge < -0.3 is 20.5 Å². The summed E-state index contributed by atoms with van der Waals surface area (Å²) < 4.78 is 20.4. The van der Waals surface area contributed by atoms with Crippen molar-refractivity contribution >= 4 is 35.5 Å². The Morgan fingerprint density at radius 1 is 1.27 bits per heavy atom. The number of carbonyl (C=O) groups excluding carboxylic acids is 2. The average molecular weight is 443 g/mol. The first kappa shape index (κ1) is 22.1. The quantitative estimate of drug-likeness (QED) is 0.609. The Balaban J connectivity index is 1.81. The number of aromatic nitrogens is 1. The summed E-state index contributed by atoms with van der Waals surface area (Å²) in [5, 5.41) is 14.6. The molecule has 1 saturated carbocycles. The highest BCUT2D eigenvalue weighted by Gasteiger charge is 2.39. The van der Waals surface area contributed by atoms with Crippen LogP contribution in [0.25, 0.3) is 0 Å². The SMILES string of the molecule is CC(C)(C)OC(=O)N[C@H]1CCCC[C@H]1Nc1nc(Cl)c2c(c1F)CN(C(=O)O)C2=O. The molecule has 3 rings (SSSR count). The smallest absolute Gasteiger partial charge is 0.414 e. The number of alkyl carbamates (subject to hydrolysis) is 1. The molecule has 0 bridgehead atoms. The second-order valence-corrected chi connectivity index (χ2v) is 8.74. The van der Waals surface area contributed by atoms with Gasteiger partial charge in [-0.15, -0.1) is 0 Å². The van der Waals surface area contributed by atoms with Crippen molar-refractivity contribution in [3.63, 3.8) is 0 Å². The number of nitrogens with one attached hydrogen (secondary N) is 2. The van der Waals surface area contributed by atoms with E-state index in [2.05, 4.69) is 15.6 Å². The average Bonchev–Trinajstić information content (AvgIpc) is 2.98. The minimum absolute atomic E-state index is 0.114. The Labute approximate surface area is 177 Å². The van der Waals surface area contributed by atoms with Crippen LogP contribution in [0, 0.1) is 5.82 Å². The van der Waals surface area contributed by atoms with E-state index in [9.17, 15) is 14.4 Å². The monoisotopic (exact) mass is 442 g/mol. The van der Waals surface area contributed by atoms with Gasteiger partial charge in [0.2, 0.25) is 0 Å². The second kappa shape index (κ2) is 8.25. The number of carboxylic acid groups (broad SMARTS) is 1. The molecule has 1 aliphatic carbocycles. The van der Waals surface area contributed by atoms with Crippen LogP contribution in [0.1, 0.15) is 62.4 Å². The molecule has 30 heavy (non-hydrogen) atoms. The van der Waals surface area contributed by atoms with Gasteiger partial charge in [0.1, 0.15) is 10.8 Å². The van der Waals surface area contributed by atoms with Crippen LogP contribution in [0.15, 0.2) is 0 Å². The fraction of sp³-hybridized carbons (Fsp3) is 0.579. The molecule has 1 aliphatic heterocycles. The van der Waals surface area contributed by atoms with Crippen LogP contribution in [-0.4, -0.2) is 50.8 Å². The number of fused-ring (bicyclic) bond motifs is 1. The van der Waals surface area contributed by atoms with E-state index in [1.54, 1.807) is 20.8 Å². The lowest BCUT2D eigenvalue weighted by molar-refractivity contribution is 0.0488. The molecule has 164 valence electrons. The summed E-state index contributed by atoms with van der Waals surface area (Å²) >= 11 is 6.07. The first-order valence-electron chi connectivity index (χ1n) is 9.66. The lowest BCUT2D eigenvalue weighted by Crippen LogP contribution is -2.50. The molecule has 11 heteroatoms. The number of pyridine rings is 1. The number of nitrogens with zero attached hydrogens (tertiary/aromatic N) is 2. The number of ether oxygens (including phenoxy) is 1. The normalized spacial score (nSPS) is 21.2. The molecule has 0 saturated heterocycles. The highest BCUT2D eigenvalue weighted by molar-refractivity contribution is 6.33. The first-order valence-corrected chi connectivity index (χ1v) is 10.0. The van der Waals surface area contributed by atoms with Crippen molar-refractivity contribution in [3.05, 3.63) is 22.1 Å². The maximum atomic E-state index is 15.1. The maximum absolute atomic E-state index is 15.1. The third kappa shape index (κ3) is 4.58. The molecule has 0 spiro atoms. The van der Waals surface area contributed by atoms with Crippen molar-refractivity contribution in [2.75, 3.05) is 5.32 Å². The Hall–Kier alpha value is -2.62. The van der Waals surface area contributed by atoms with Crippen LogP contribution in [0.4, 0.5) is 19.8 Å². The van der Waals surface area contributed by atoms with E-state index in [0.717, 1.165) is 12.8 Å². The van der Waals surface area contributed by atoms with Gasteiger partial charge in [-0.1, -0.05) is 24.4 Å². The molecule has 2 aliphatic rings. The number of anilines is 1. The summed E-state index contributed by atoms with van der Waals surface area (Å²) in [7, 11) is 0. The van der Waals surface area contributed by atoms with E-state index < -0.39 is 36.1 Å². The summed E-state index contributed by atoms with van der Waals surface area (Å²) in [4.78, 5) is 40.0. The number of carbonyl (C=O) groups is 3. The zero-order chi connectivity index (χ0) is 22.2. The molecule has 2 heterocycles. The van der Waals surface area contributed by atoms with Gasteiger partial charge in [-0.05, 0) is 33.6 Å². The van der Waals surface area contributed by atoms with Gasteiger partial charge in [-0.2, -0.15) is 0 Å². The van der Waals surface area contributed by atoms with Gasteiger partial charge >= 0.3 is 12.2 Å². The molecular weight excluding hydrogens is 419 g/mol. The van der Waals surface area contributed by atoms with Crippen molar-refractivity contribution in [2.45, 2.75) is 70.7 Å². The zero-order valence-corrected chi connectivity index (χ0v) is 17.7. The molecule has 0 radical (unpaired) electrons. The van der Waals surface area contributed by atoms with Crippen LogP contribution < -0.4 is 10.6 Å². The van der Waals surface area contributed by atoms with Crippen molar-refractivity contribution < 1.29 is 28.6 Å². The zero-order valence-electron chi connectivity index (χ0n) is 16.9. The maximum Gasteiger partial charge on any atom is 0.414 e. The molecule has 1 aromatic heterocycles. The van der Waals surface area contributed by atoms with Crippen LogP contribution in [0.2, 0.25) is 5.15 Å². The molecule has 0 aromatic carbocycles. The van der Waals surface area contributed by atoms with Crippen LogP contribution >= 0.6 is 11.6 Å². The van der Waals surface area contributed by atoms with E-state index in [-0.39, 0.29) is 34.2 Å². The van der Waals surface area contributed by atoms with E-state index in [0.29, 0.717) is 17.7 Å². The molecule has 1 aromatic rings. The van der Waals surface area contributed by atoms with E-state index >= 15 is 4.39 Å². The fourth-order valence-corrected chi connectivity index (χ4v) is 3.95. The lowest BCUT2D eigenvalue weighted by atomic mass is 9.90. The van der Waals surface area contributed by atoms with Gasteiger partial charge in [0.25, 0.3) is 5.91 Å². The van der Waals surface area contributed by atoms with E-state index in [4.69, 9.17) is 21.4 Å². The van der Waals surface area contributed by atoms with Gasteiger partial charge in [0, 0.05) is 11.6 Å². The molecule has 3 amide bonds. The molecule has 9 nitrogen and oxygen atoms in total. The minimum atomic E-state index is -1.49. The Morgan fingerprint density at radius 2 is 1.90 bits per heavy atom. The standard InChI is InChI=1S/C19H24ClFN4O5/c1-19(2,3)30-17(27)23-11-7-5-4-6-10(11)22-15-13(21)9-8-25(18(28)29)16(26)12(9)14(20)24-15/h10-11H,4-8H2,1-3H3,(H,22,24)(H,23,27)(H,28,29)/t10-,11+/m1/s1. The fourth-order valence-electron chi connectivity index (χ4n) is 3.67. The summed E-state index contributed by atoms with van der Waals surface area (Å²) in [5.41, 5.74) is -1.00. The van der Waals surface area contributed by atoms with Crippen molar-refractivity contribution in [3.8, 4) is 0 Å². The highest BCUT2D eigenvalue weighted by atomic mass is 35.5. The molecule has 3 N–H and O–H groups in total. The van der Waals surface area contributed by atoms with Gasteiger partial charge in [0.05, 0.1) is 18.2 Å². The summed E-state index contributed by atoms with van der Waals surface area (Å²) in [6.07, 6.45) is 1.02. The van der Waals surface area contributed by atoms with Gasteiger partial charge in [0.15, 0.2) is 11.6 Å². The molecule has 2 atom stereocenters. The van der Waals surface area contributed by atoms with Crippen molar-refractivity contribution in [1.82, 2.24) is 15.2 Å². The van der Waals surface area contributed by atoms with Gasteiger partial charge in [-0.25, -0.2) is 23.9 Å². The number of amides is 3. The third-order valence-electron chi connectivity index (χ3n) is 4.99. The number of halogens is 2. The first-order chi connectivity index (χ1) is 14.0. The molecule has 1 fully saturated rings. The molecular formula is C19H24ClFN4O5. The third-order valence-corrected chi connectivity index (χ3v) is 5.26. The van der Waals surface area contributed by atoms with Gasteiger partial charge in [-0.3, -0.25) is 4.79 Å². The molecule has 0 unspecified atom stereocenters.